The fourth-order valence-electron chi connectivity index (χ4n) is 3.03. The first kappa shape index (κ1) is 19.4. The maximum absolute atomic E-state index is 12.3. The summed E-state index contributed by atoms with van der Waals surface area (Å²) in [6.45, 7) is 1.13. The number of amides is 3. The number of hydrogen-bond acceptors (Lipinski definition) is 8. The molecule has 3 amide bonds. The van der Waals surface area contributed by atoms with E-state index in [-0.39, 0.29) is 29.9 Å². The van der Waals surface area contributed by atoms with E-state index >= 15 is 0 Å². The molecule has 150 valence electrons. The largest absolute Gasteiger partial charge is 0.454 e. The van der Waals surface area contributed by atoms with Crippen LogP contribution in [0.2, 0.25) is 0 Å². The van der Waals surface area contributed by atoms with Gasteiger partial charge in [-0.2, -0.15) is 0 Å². The summed E-state index contributed by atoms with van der Waals surface area (Å²) in [6.07, 6.45) is 2.38. The van der Waals surface area contributed by atoms with E-state index in [0.29, 0.717) is 0 Å². The molecule has 11 heteroatoms. The van der Waals surface area contributed by atoms with Crippen LogP contribution < -0.4 is 20.1 Å². The number of ether oxygens (including phenoxy) is 3. The van der Waals surface area contributed by atoms with Crippen molar-refractivity contribution in [3.63, 3.8) is 0 Å². The normalized spacial score (nSPS) is 16.3. The maximum Gasteiger partial charge on any atom is 0.346 e. The number of esters is 1. The van der Waals surface area contributed by atoms with Gasteiger partial charge in [0.1, 0.15) is 5.56 Å². The standard InChI is InChI=1S/C17H19N3O8/c1-9(15(21)19-17(23)18-10-4-2-3-5-10)28-16(22)11-6-13-14(27-8-26-13)7-12(11)20(24)25/h6-7,9-10H,2-5,8H2,1H3,(H2,18,19,21,23). The predicted octanol–water partition coefficient (Wildman–Crippen LogP) is 1.64. The number of nitro benzene ring substituents is 1. The van der Waals surface area contributed by atoms with Gasteiger partial charge in [-0.3, -0.25) is 20.2 Å². The Morgan fingerprint density at radius 2 is 1.86 bits per heavy atom. The van der Waals surface area contributed by atoms with Crippen LogP contribution in [0.15, 0.2) is 12.1 Å². The van der Waals surface area contributed by atoms with E-state index in [1.54, 1.807) is 0 Å². The van der Waals surface area contributed by atoms with E-state index < -0.39 is 34.6 Å². The Hall–Kier alpha value is -3.37. The molecule has 1 heterocycles. The molecule has 1 fully saturated rings. The molecular formula is C17H19N3O8. The van der Waals surface area contributed by atoms with Crippen LogP contribution in [-0.4, -0.2) is 41.8 Å². The summed E-state index contributed by atoms with van der Waals surface area (Å²) in [6, 6.07) is 1.52. The number of hydrogen-bond donors (Lipinski definition) is 2. The van der Waals surface area contributed by atoms with Gasteiger partial charge in [-0.1, -0.05) is 12.8 Å². The van der Waals surface area contributed by atoms with Crippen molar-refractivity contribution in [1.29, 1.82) is 0 Å². The zero-order valence-corrected chi connectivity index (χ0v) is 15.1. The number of benzene rings is 1. The lowest BCUT2D eigenvalue weighted by molar-refractivity contribution is -0.385. The van der Waals surface area contributed by atoms with Gasteiger partial charge in [0, 0.05) is 12.1 Å². The van der Waals surface area contributed by atoms with E-state index in [9.17, 15) is 24.5 Å². The van der Waals surface area contributed by atoms with Crippen molar-refractivity contribution < 1.29 is 33.5 Å². The summed E-state index contributed by atoms with van der Waals surface area (Å²) < 4.78 is 15.1. The highest BCUT2D eigenvalue weighted by Crippen LogP contribution is 2.38. The lowest BCUT2D eigenvalue weighted by atomic mass is 10.1. The lowest BCUT2D eigenvalue weighted by Crippen LogP contribution is -2.47. The number of fused-ring (bicyclic) bond motifs is 1. The number of imide groups is 1. The van der Waals surface area contributed by atoms with Crippen LogP contribution in [0.25, 0.3) is 0 Å². The summed E-state index contributed by atoms with van der Waals surface area (Å²) in [5, 5.41) is 16.0. The molecule has 1 aromatic rings. The third kappa shape index (κ3) is 4.30. The third-order valence-corrected chi connectivity index (χ3v) is 4.49. The average molecular weight is 393 g/mol. The molecule has 1 saturated carbocycles. The van der Waals surface area contributed by atoms with Crippen molar-refractivity contribution in [3.8, 4) is 11.5 Å². The summed E-state index contributed by atoms with van der Waals surface area (Å²) in [4.78, 5) is 46.7. The van der Waals surface area contributed by atoms with Gasteiger partial charge >= 0.3 is 12.0 Å². The summed E-state index contributed by atoms with van der Waals surface area (Å²) in [5.41, 5.74) is -0.926. The second-order valence-corrected chi connectivity index (χ2v) is 6.47. The zero-order valence-electron chi connectivity index (χ0n) is 15.1. The molecule has 1 aliphatic carbocycles. The minimum absolute atomic E-state index is 0.0157. The van der Waals surface area contributed by atoms with Gasteiger partial charge in [0.25, 0.3) is 11.6 Å². The number of nitrogens with zero attached hydrogens (tertiary/aromatic N) is 1. The Bertz CT molecular complexity index is 819. The van der Waals surface area contributed by atoms with Gasteiger partial charge in [0.2, 0.25) is 6.79 Å². The highest BCUT2D eigenvalue weighted by Gasteiger charge is 2.30. The molecule has 2 N–H and O–H groups in total. The van der Waals surface area contributed by atoms with E-state index in [1.807, 2.05) is 0 Å². The Balaban J connectivity index is 1.62. The fraction of sp³-hybridized carbons (Fsp3) is 0.471. The van der Waals surface area contributed by atoms with Crippen LogP contribution >= 0.6 is 0 Å². The Labute approximate surface area is 159 Å². The van der Waals surface area contributed by atoms with Crippen molar-refractivity contribution in [2.24, 2.45) is 0 Å². The minimum atomic E-state index is -1.34. The number of urea groups is 1. The highest BCUT2D eigenvalue weighted by atomic mass is 16.7. The molecule has 0 radical (unpaired) electrons. The highest BCUT2D eigenvalue weighted by molar-refractivity contribution is 6.00. The van der Waals surface area contributed by atoms with Crippen molar-refractivity contribution in [1.82, 2.24) is 10.6 Å². The lowest BCUT2D eigenvalue weighted by Gasteiger charge is -2.15. The predicted molar refractivity (Wildman–Crippen MR) is 93.0 cm³/mol. The Morgan fingerprint density at radius 3 is 2.50 bits per heavy atom. The van der Waals surface area contributed by atoms with Gasteiger partial charge in [0.15, 0.2) is 17.6 Å². The second kappa shape index (κ2) is 8.11. The first-order valence-electron chi connectivity index (χ1n) is 8.75. The van der Waals surface area contributed by atoms with Crippen LogP contribution in [0.4, 0.5) is 10.5 Å². The number of carbonyl (C=O) groups excluding carboxylic acids is 3. The number of nitrogens with one attached hydrogen (secondary N) is 2. The smallest absolute Gasteiger partial charge is 0.346 e. The fourth-order valence-corrected chi connectivity index (χ4v) is 3.03. The van der Waals surface area contributed by atoms with E-state index in [1.165, 1.54) is 6.92 Å². The second-order valence-electron chi connectivity index (χ2n) is 6.47. The molecule has 1 aliphatic heterocycles. The van der Waals surface area contributed by atoms with Crippen molar-refractivity contribution in [2.45, 2.75) is 44.8 Å². The molecule has 3 rings (SSSR count). The van der Waals surface area contributed by atoms with Gasteiger partial charge in [0.05, 0.1) is 11.0 Å². The number of nitro groups is 1. The molecule has 1 unspecified atom stereocenters. The first-order valence-corrected chi connectivity index (χ1v) is 8.75. The molecule has 0 spiro atoms. The number of carbonyl (C=O) groups is 3. The number of rotatable bonds is 5. The molecule has 1 atom stereocenters. The van der Waals surface area contributed by atoms with Crippen LogP contribution in [-0.2, 0) is 9.53 Å². The summed E-state index contributed by atoms with van der Waals surface area (Å²) in [5.74, 6) is -1.64. The Kier molecular flexibility index (Phi) is 5.62. The first-order chi connectivity index (χ1) is 13.3. The molecule has 2 aliphatic rings. The monoisotopic (exact) mass is 393 g/mol. The van der Waals surface area contributed by atoms with Gasteiger partial charge in [-0.25, -0.2) is 9.59 Å². The van der Waals surface area contributed by atoms with Crippen molar-refractivity contribution in [3.05, 3.63) is 27.8 Å². The Morgan fingerprint density at radius 1 is 1.21 bits per heavy atom. The van der Waals surface area contributed by atoms with Gasteiger partial charge < -0.3 is 19.5 Å². The SMILES string of the molecule is CC(OC(=O)c1cc2c(cc1[N+](=O)[O-])OCO2)C(=O)NC(=O)NC1CCCC1. The molecule has 0 bridgehead atoms. The average Bonchev–Trinajstić information content (AvgIpc) is 3.31. The zero-order chi connectivity index (χ0) is 20.3. The van der Waals surface area contributed by atoms with Crippen LogP contribution in [0.1, 0.15) is 43.0 Å². The molecule has 11 nitrogen and oxygen atoms in total. The molecular weight excluding hydrogens is 374 g/mol. The van der Waals surface area contributed by atoms with E-state index in [0.717, 1.165) is 37.8 Å². The minimum Gasteiger partial charge on any atom is -0.454 e. The summed E-state index contributed by atoms with van der Waals surface area (Å²) >= 11 is 0. The maximum atomic E-state index is 12.3. The quantitative estimate of drug-likeness (QED) is 0.436. The van der Waals surface area contributed by atoms with Crippen molar-refractivity contribution >= 4 is 23.6 Å². The van der Waals surface area contributed by atoms with Gasteiger partial charge in [-0.05, 0) is 19.8 Å². The molecule has 28 heavy (non-hydrogen) atoms. The molecule has 1 aromatic carbocycles. The van der Waals surface area contributed by atoms with Crippen LogP contribution in [0.3, 0.4) is 0 Å². The van der Waals surface area contributed by atoms with Gasteiger partial charge in [-0.15, -0.1) is 0 Å². The van der Waals surface area contributed by atoms with Crippen LogP contribution in [0, 0.1) is 10.1 Å². The van der Waals surface area contributed by atoms with E-state index in [4.69, 9.17) is 14.2 Å². The molecule has 0 aromatic heterocycles. The van der Waals surface area contributed by atoms with Crippen molar-refractivity contribution in [2.75, 3.05) is 6.79 Å². The summed E-state index contributed by atoms with van der Waals surface area (Å²) in [7, 11) is 0. The molecule has 0 saturated heterocycles. The van der Waals surface area contributed by atoms with E-state index in [2.05, 4.69) is 10.6 Å². The third-order valence-electron chi connectivity index (χ3n) is 4.49. The van der Waals surface area contributed by atoms with Crippen LogP contribution in [0.5, 0.6) is 11.5 Å². The topological polar surface area (TPSA) is 146 Å².